The molecule has 19 heavy (non-hydrogen) atoms. The summed E-state index contributed by atoms with van der Waals surface area (Å²) in [5.41, 5.74) is 9.38. The lowest BCUT2D eigenvalue weighted by Crippen LogP contribution is -1.97. The van der Waals surface area contributed by atoms with E-state index < -0.39 is 0 Å². The molecule has 2 rings (SSSR count). The van der Waals surface area contributed by atoms with Gasteiger partial charge in [-0.1, -0.05) is 0 Å². The van der Waals surface area contributed by atoms with Crippen LogP contribution in [0.5, 0.6) is 11.5 Å². The minimum absolute atomic E-state index is 0.458. The van der Waals surface area contributed by atoms with Crippen molar-refractivity contribution in [2.45, 2.75) is 20.8 Å². The number of nitrogen functional groups attached to an aromatic ring is 1. The fourth-order valence-corrected chi connectivity index (χ4v) is 1.85. The maximum Gasteiger partial charge on any atom is 0.148 e. The Morgan fingerprint density at radius 2 is 1.95 bits per heavy atom. The van der Waals surface area contributed by atoms with Crippen molar-refractivity contribution in [3.05, 3.63) is 46.8 Å². The van der Waals surface area contributed by atoms with Gasteiger partial charge in [-0.2, -0.15) is 5.26 Å². The summed E-state index contributed by atoms with van der Waals surface area (Å²) >= 11 is 0. The molecule has 0 aliphatic heterocycles. The number of nitrogens with two attached hydrogens (primary N) is 1. The lowest BCUT2D eigenvalue weighted by atomic mass is 10.1. The standard InChI is InChI=1S/C15H15N3O/c1-9-6-12(4-5-14(9)17)19-15-7-10(2)18-11(3)13(15)8-16/h4-7H,17H2,1-3H3. The van der Waals surface area contributed by atoms with Crippen LogP contribution in [0.25, 0.3) is 0 Å². The molecule has 0 unspecified atom stereocenters. The predicted molar refractivity (Wildman–Crippen MR) is 74.1 cm³/mol. The zero-order chi connectivity index (χ0) is 14.0. The van der Waals surface area contributed by atoms with Crippen molar-refractivity contribution in [2.75, 3.05) is 5.73 Å². The van der Waals surface area contributed by atoms with Crippen LogP contribution in [-0.4, -0.2) is 4.98 Å². The first-order valence-corrected chi connectivity index (χ1v) is 5.93. The SMILES string of the molecule is Cc1cc(Oc2ccc(N)c(C)c2)c(C#N)c(C)n1. The summed E-state index contributed by atoms with van der Waals surface area (Å²) in [6.45, 7) is 5.58. The van der Waals surface area contributed by atoms with Crippen molar-refractivity contribution in [2.24, 2.45) is 0 Å². The number of nitriles is 1. The Balaban J connectivity index is 2.43. The molecule has 1 heterocycles. The molecule has 2 N–H and O–H groups in total. The summed E-state index contributed by atoms with van der Waals surface area (Å²) in [5.74, 6) is 1.19. The third-order valence-corrected chi connectivity index (χ3v) is 2.87. The van der Waals surface area contributed by atoms with Crippen molar-refractivity contribution < 1.29 is 4.74 Å². The number of aryl methyl sites for hydroxylation is 3. The number of hydrogen-bond acceptors (Lipinski definition) is 4. The van der Waals surface area contributed by atoms with Gasteiger partial charge in [-0.05, 0) is 44.5 Å². The van der Waals surface area contributed by atoms with Crippen LogP contribution in [-0.2, 0) is 0 Å². The topological polar surface area (TPSA) is 71.9 Å². The van der Waals surface area contributed by atoms with Crippen molar-refractivity contribution in [1.29, 1.82) is 5.26 Å². The first-order chi connectivity index (χ1) is 9.01. The maximum atomic E-state index is 9.18. The Morgan fingerprint density at radius 3 is 2.58 bits per heavy atom. The summed E-state index contributed by atoms with van der Waals surface area (Å²) in [5, 5.41) is 9.18. The second-order valence-corrected chi connectivity index (χ2v) is 4.45. The Labute approximate surface area is 112 Å². The summed E-state index contributed by atoms with van der Waals surface area (Å²) < 4.78 is 5.78. The van der Waals surface area contributed by atoms with Crippen molar-refractivity contribution in [3.8, 4) is 17.6 Å². The molecule has 0 fully saturated rings. The molecular weight excluding hydrogens is 238 g/mol. The Kier molecular flexibility index (Phi) is 3.39. The van der Waals surface area contributed by atoms with Crippen LogP contribution in [0.4, 0.5) is 5.69 Å². The normalized spacial score (nSPS) is 10.0. The molecule has 0 bridgehead atoms. The highest BCUT2D eigenvalue weighted by atomic mass is 16.5. The number of benzene rings is 1. The number of aromatic nitrogens is 1. The van der Waals surface area contributed by atoms with Crippen molar-refractivity contribution in [1.82, 2.24) is 4.98 Å². The lowest BCUT2D eigenvalue weighted by molar-refractivity contribution is 0.478. The highest BCUT2D eigenvalue weighted by Gasteiger charge is 2.10. The van der Waals surface area contributed by atoms with Gasteiger partial charge in [-0.25, -0.2) is 0 Å². The fourth-order valence-electron chi connectivity index (χ4n) is 1.85. The van der Waals surface area contributed by atoms with Gasteiger partial charge in [0.1, 0.15) is 23.1 Å². The highest BCUT2D eigenvalue weighted by molar-refractivity contribution is 5.52. The molecular formula is C15H15N3O. The van der Waals surface area contributed by atoms with E-state index in [4.69, 9.17) is 10.5 Å². The number of rotatable bonds is 2. The van der Waals surface area contributed by atoms with Gasteiger partial charge in [0.05, 0.1) is 5.69 Å². The van der Waals surface area contributed by atoms with E-state index in [0.717, 1.165) is 16.9 Å². The van der Waals surface area contributed by atoms with E-state index in [2.05, 4.69) is 11.1 Å². The van der Waals surface area contributed by atoms with Crippen LogP contribution in [0.15, 0.2) is 24.3 Å². The smallest absolute Gasteiger partial charge is 0.148 e. The largest absolute Gasteiger partial charge is 0.456 e. The van der Waals surface area contributed by atoms with Crippen LogP contribution in [0, 0.1) is 32.1 Å². The molecule has 0 aliphatic carbocycles. The van der Waals surface area contributed by atoms with Crippen molar-refractivity contribution >= 4 is 5.69 Å². The number of nitrogens with zero attached hydrogens (tertiary/aromatic N) is 2. The molecule has 1 aromatic heterocycles. The van der Waals surface area contributed by atoms with Gasteiger partial charge in [0.2, 0.25) is 0 Å². The van der Waals surface area contributed by atoms with Crippen LogP contribution in [0.2, 0.25) is 0 Å². The van der Waals surface area contributed by atoms with Crippen LogP contribution in [0.3, 0.4) is 0 Å². The molecule has 0 saturated heterocycles. The summed E-state index contributed by atoms with van der Waals surface area (Å²) in [4.78, 5) is 4.26. The van der Waals surface area contributed by atoms with Gasteiger partial charge >= 0.3 is 0 Å². The van der Waals surface area contributed by atoms with E-state index in [1.165, 1.54) is 0 Å². The van der Waals surface area contributed by atoms with Crippen molar-refractivity contribution in [3.63, 3.8) is 0 Å². The van der Waals surface area contributed by atoms with Crippen LogP contribution >= 0.6 is 0 Å². The van der Waals surface area contributed by atoms with Gasteiger partial charge in [-0.15, -0.1) is 0 Å². The van der Waals surface area contributed by atoms with Gasteiger partial charge < -0.3 is 10.5 Å². The second-order valence-electron chi connectivity index (χ2n) is 4.45. The van der Waals surface area contributed by atoms with Gasteiger partial charge in [0, 0.05) is 17.4 Å². The second kappa shape index (κ2) is 4.99. The molecule has 0 radical (unpaired) electrons. The van der Waals surface area contributed by atoms with Gasteiger partial charge in [-0.3, -0.25) is 4.98 Å². The van der Waals surface area contributed by atoms with E-state index >= 15 is 0 Å². The molecule has 1 aromatic carbocycles. The molecule has 0 saturated carbocycles. The first-order valence-electron chi connectivity index (χ1n) is 5.93. The maximum absolute atomic E-state index is 9.18. The van der Waals surface area contributed by atoms with Crippen LogP contribution < -0.4 is 10.5 Å². The third kappa shape index (κ3) is 2.66. The average Bonchev–Trinajstić information content (AvgIpc) is 2.33. The third-order valence-electron chi connectivity index (χ3n) is 2.87. The van der Waals surface area contributed by atoms with E-state index in [-0.39, 0.29) is 0 Å². The predicted octanol–water partition coefficient (Wildman–Crippen LogP) is 3.25. The number of ether oxygens (including phenoxy) is 1. The molecule has 0 aliphatic rings. The van der Waals surface area contributed by atoms with E-state index in [9.17, 15) is 5.26 Å². The molecule has 4 nitrogen and oxygen atoms in total. The lowest BCUT2D eigenvalue weighted by Gasteiger charge is -2.11. The Morgan fingerprint density at radius 1 is 1.21 bits per heavy atom. The average molecular weight is 253 g/mol. The fraction of sp³-hybridized carbons (Fsp3) is 0.200. The molecule has 2 aromatic rings. The minimum atomic E-state index is 0.458. The Hall–Kier alpha value is -2.54. The van der Waals surface area contributed by atoms with Gasteiger partial charge in [0.25, 0.3) is 0 Å². The quantitative estimate of drug-likeness (QED) is 0.834. The Bertz CT molecular complexity index is 672. The zero-order valence-electron chi connectivity index (χ0n) is 11.2. The molecule has 0 atom stereocenters. The number of pyridine rings is 1. The minimum Gasteiger partial charge on any atom is -0.456 e. The van der Waals surface area contributed by atoms with E-state index in [1.54, 1.807) is 25.1 Å². The summed E-state index contributed by atoms with van der Waals surface area (Å²) in [7, 11) is 0. The summed E-state index contributed by atoms with van der Waals surface area (Å²) in [6.07, 6.45) is 0. The molecule has 96 valence electrons. The van der Waals surface area contributed by atoms with Gasteiger partial charge in [0.15, 0.2) is 0 Å². The molecule has 0 spiro atoms. The first kappa shape index (κ1) is 12.9. The highest BCUT2D eigenvalue weighted by Crippen LogP contribution is 2.28. The molecule has 0 amide bonds. The van der Waals surface area contributed by atoms with E-state index in [0.29, 0.717) is 22.8 Å². The molecule has 4 heteroatoms. The summed E-state index contributed by atoms with van der Waals surface area (Å²) in [6, 6.07) is 9.31. The van der Waals surface area contributed by atoms with Crippen LogP contribution in [0.1, 0.15) is 22.5 Å². The monoisotopic (exact) mass is 253 g/mol. The number of hydrogen-bond donors (Lipinski definition) is 1. The number of anilines is 1. The zero-order valence-corrected chi connectivity index (χ0v) is 11.2. The van der Waals surface area contributed by atoms with E-state index in [1.807, 2.05) is 19.9 Å².